The fourth-order valence-corrected chi connectivity index (χ4v) is 3.15. The van der Waals surface area contributed by atoms with Crippen molar-refractivity contribution in [1.29, 1.82) is 0 Å². The van der Waals surface area contributed by atoms with Gasteiger partial charge in [-0.3, -0.25) is 14.2 Å². The minimum atomic E-state index is -0.217. The molecule has 6 nitrogen and oxygen atoms in total. The van der Waals surface area contributed by atoms with Gasteiger partial charge < -0.3 is 15.3 Å². The van der Waals surface area contributed by atoms with Crippen molar-refractivity contribution >= 4 is 39.9 Å². The molecule has 0 aliphatic heterocycles. The summed E-state index contributed by atoms with van der Waals surface area (Å²) in [5, 5.41) is 4.48. The van der Waals surface area contributed by atoms with Crippen LogP contribution in [0.5, 0.6) is 0 Å². The molecular formula is C19H16N4O2S. The number of carbonyl (C=O) groups excluding carboxylic acids is 1. The van der Waals surface area contributed by atoms with Crippen LogP contribution in [-0.2, 0) is 13.6 Å². The first kappa shape index (κ1) is 16.3. The molecule has 0 radical (unpaired) electrons. The lowest BCUT2D eigenvalue weighted by atomic mass is 10.1. The van der Waals surface area contributed by atoms with Gasteiger partial charge in [0.15, 0.2) is 4.77 Å². The lowest BCUT2D eigenvalue weighted by Crippen LogP contribution is -2.23. The van der Waals surface area contributed by atoms with E-state index in [1.165, 1.54) is 4.57 Å². The highest BCUT2D eigenvalue weighted by Crippen LogP contribution is 2.15. The molecule has 3 N–H and O–H groups in total. The molecule has 4 aromatic rings. The van der Waals surface area contributed by atoms with E-state index in [1.54, 1.807) is 25.2 Å². The number of hydrogen-bond acceptors (Lipinski definition) is 3. The second-order valence-electron chi connectivity index (χ2n) is 6.12. The fourth-order valence-electron chi connectivity index (χ4n) is 2.95. The van der Waals surface area contributed by atoms with E-state index in [1.807, 2.05) is 30.3 Å². The van der Waals surface area contributed by atoms with E-state index in [2.05, 4.69) is 15.3 Å². The van der Waals surface area contributed by atoms with Crippen molar-refractivity contribution in [3.63, 3.8) is 0 Å². The number of benzene rings is 2. The summed E-state index contributed by atoms with van der Waals surface area (Å²) in [4.78, 5) is 30.9. The van der Waals surface area contributed by atoms with Crippen molar-refractivity contribution in [3.05, 3.63) is 74.9 Å². The van der Waals surface area contributed by atoms with Gasteiger partial charge in [-0.1, -0.05) is 18.2 Å². The number of aromatic nitrogens is 3. The van der Waals surface area contributed by atoms with Gasteiger partial charge in [-0.05, 0) is 47.9 Å². The summed E-state index contributed by atoms with van der Waals surface area (Å²) in [5.41, 5.74) is 2.79. The molecule has 4 rings (SSSR count). The molecule has 130 valence electrons. The van der Waals surface area contributed by atoms with Crippen molar-refractivity contribution in [2.75, 3.05) is 0 Å². The number of fused-ring (bicyclic) bond motifs is 2. The molecule has 0 aliphatic rings. The van der Waals surface area contributed by atoms with Crippen LogP contribution in [0.2, 0.25) is 0 Å². The van der Waals surface area contributed by atoms with E-state index in [0.29, 0.717) is 27.8 Å². The summed E-state index contributed by atoms with van der Waals surface area (Å²) in [6.45, 7) is 0.387. The first-order valence-electron chi connectivity index (χ1n) is 8.11. The summed E-state index contributed by atoms with van der Waals surface area (Å²) in [5.74, 6) is -0.217. The molecule has 0 atom stereocenters. The lowest BCUT2D eigenvalue weighted by molar-refractivity contribution is 0.0950. The van der Waals surface area contributed by atoms with Crippen molar-refractivity contribution in [2.45, 2.75) is 6.54 Å². The van der Waals surface area contributed by atoms with Crippen molar-refractivity contribution in [1.82, 2.24) is 19.9 Å². The van der Waals surface area contributed by atoms with Gasteiger partial charge in [-0.15, -0.1) is 0 Å². The van der Waals surface area contributed by atoms with Crippen LogP contribution in [0.3, 0.4) is 0 Å². The number of nitrogens with one attached hydrogen (secondary N) is 3. The Kier molecular flexibility index (Phi) is 3.93. The van der Waals surface area contributed by atoms with Crippen LogP contribution in [0.15, 0.2) is 53.3 Å². The van der Waals surface area contributed by atoms with Gasteiger partial charge in [0.1, 0.15) is 0 Å². The predicted octanol–water partition coefficient (Wildman–Crippen LogP) is 3.01. The third-order valence-corrected chi connectivity index (χ3v) is 4.76. The monoisotopic (exact) mass is 364 g/mol. The van der Waals surface area contributed by atoms with Crippen molar-refractivity contribution in [2.24, 2.45) is 7.05 Å². The quantitative estimate of drug-likeness (QED) is 0.489. The van der Waals surface area contributed by atoms with Crippen molar-refractivity contribution < 1.29 is 4.79 Å². The Bertz CT molecular complexity index is 1230. The first-order valence-corrected chi connectivity index (χ1v) is 8.51. The Morgan fingerprint density at radius 1 is 1.12 bits per heavy atom. The largest absolute Gasteiger partial charge is 0.357 e. The highest BCUT2D eigenvalue weighted by Gasteiger charge is 2.10. The third kappa shape index (κ3) is 2.82. The summed E-state index contributed by atoms with van der Waals surface area (Å²) in [7, 11) is 1.61. The Hall–Kier alpha value is -3.19. The summed E-state index contributed by atoms with van der Waals surface area (Å²) in [6.07, 6.45) is 0. The van der Waals surface area contributed by atoms with E-state index >= 15 is 0 Å². The summed E-state index contributed by atoms with van der Waals surface area (Å²) in [6, 6.07) is 14.9. The van der Waals surface area contributed by atoms with Crippen LogP contribution in [-0.4, -0.2) is 20.4 Å². The maximum absolute atomic E-state index is 12.5. The number of hydrogen-bond donors (Lipinski definition) is 3. The van der Waals surface area contributed by atoms with Crippen LogP contribution in [0.4, 0.5) is 0 Å². The number of carbonyl (C=O) groups is 1. The van der Waals surface area contributed by atoms with Gasteiger partial charge in [-0.25, -0.2) is 0 Å². The third-order valence-electron chi connectivity index (χ3n) is 4.39. The molecule has 2 aromatic heterocycles. The molecule has 0 saturated carbocycles. The van der Waals surface area contributed by atoms with Crippen LogP contribution < -0.4 is 10.9 Å². The normalized spacial score (nSPS) is 11.1. The number of H-pyrrole nitrogens is 2. The van der Waals surface area contributed by atoms with E-state index < -0.39 is 0 Å². The standard InChI is InChI=1S/C19H16N4O2S/c1-23-18(25)14-7-6-12(9-16(14)22-19(23)26)17(24)20-10-13-8-11-4-2-3-5-15(11)21-13/h2-9,21H,10H2,1H3,(H,20,24)(H,22,26). The maximum Gasteiger partial charge on any atom is 0.261 e. The Morgan fingerprint density at radius 2 is 1.92 bits per heavy atom. The Labute approximate surface area is 153 Å². The van der Waals surface area contributed by atoms with Crippen LogP contribution in [0.25, 0.3) is 21.8 Å². The molecule has 0 spiro atoms. The molecule has 0 fully saturated rings. The molecular weight excluding hydrogens is 348 g/mol. The minimum absolute atomic E-state index is 0.186. The molecule has 2 heterocycles. The molecule has 0 aliphatic carbocycles. The lowest BCUT2D eigenvalue weighted by Gasteiger charge is -2.06. The maximum atomic E-state index is 12.5. The molecule has 0 bridgehead atoms. The van der Waals surface area contributed by atoms with E-state index in [0.717, 1.165) is 16.6 Å². The average Bonchev–Trinajstić information content (AvgIpc) is 3.07. The zero-order chi connectivity index (χ0) is 18.3. The van der Waals surface area contributed by atoms with Gasteiger partial charge in [-0.2, -0.15) is 0 Å². The van der Waals surface area contributed by atoms with E-state index in [-0.39, 0.29) is 11.5 Å². The molecule has 2 aromatic carbocycles. The predicted molar refractivity (Wildman–Crippen MR) is 104 cm³/mol. The van der Waals surface area contributed by atoms with E-state index in [9.17, 15) is 9.59 Å². The molecule has 0 unspecified atom stereocenters. The number of aromatic amines is 2. The summed E-state index contributed by atoms with van der Waals surface area (Å²) >= 11 is 5.13. The van der Waals surface area contributed by atoms with Crippen molar-refractivity contribution in [3.8, 4) is 0 Å². The van der Waals surface area contributed by atoms with Crippen LogP contribution in [0.1, 0.15) is 16.1 Å². The highest BCUT2D eigenvalue weighted by atomic mass is 32.1. The van der Waals surface area contributed by atoms with Gasteiger partial charge in [0.05, 0.1) is 17.4 Å². The SMILES string of the molecule is Cn1c(=S)[nH]c2cc(C(=O)NCc3cc4ccccc4[nH]3)ccc2c1=O. The molecule has 26 heavy (non-hydrogen) atoms. The zero-order valence-corrected chi connectivity index (χ0v) is 14.8. The van der Waals surface area contributed by atoms with Crippen LogP contribution >= 0.6 is 12.2 Å². The first-order chi connectivity index (χ1) is 12.5. The van der Waals surface area contributed by atoms with Gasteiger partial charge in [0, 0.05) is 23.8 Å². The van der Waals surface area contributed by atoms with Gasteiger partial charge in [0.25, 0.3) is 11.5 Å². The van der Waals surface area contributed by atoms with Crippen LogP contribution in [0, 0.1) is 4.77 Å². The molecule has 0 saturated heterocycles. The minimum Gasteiger partial charge on any atom is -0.357 e. The Balaban J connectivity index is 1.58. The van der Waals surface area contributed by atoms with Gasteiger partial charge >= 0.3 is 0 Å². The summed E-state index contributed by atoms with van der Waals surface area (Å²) < 4.78 is 1.69. The number of para-hydroxylation sites is 1. The molecule has 1 amide bonds. The number of rotatable bonds is 3. The zero-order valence-electron chi connectivity index (χ0n) is 14.0. The molecule has 7 heteroatoms. The highest BCUT2D eigenvalue weighted by molar-refractivity contribution is 7.71. The second-order valence-corrected chi connectivity index (χ2v) is 6.51. The average molecular weight is 364 g/mol. The van der Waals surface area contributed by atoms with Gasteiger partial charge in [0.2, 0.25) is 0 Å². The number of amides is 1. The topological polar surface area (TPSA) is 82.7 Å². The number of nitrogens with zero attached hydrogens (tertiary/aromatic N) is 1. The second kappa shape index (κ2) is 6.27. The van der Waals surface area contributed by atoms with E-state index in [4.69, 9.17) is 12.2 Å². The fraction of sp³-hybridized carbons (Fsp3) is 0.105. The smallest absolute Gasteiger partial charge is 0.261 e. The Morgan fingerprint density at radius 3 is 2.73 bits per heavy atom.